The lowest BCUT2D eigenvalue weighted by Gasteiger charge is -2.18. The molecular formula is C11H12BrNO3S. The van der Waals surface area contributed by atoms with Crippen molar-refractivity contribution in [3.63, 3.8) is 0 Å². The molecule has 1 aromatic rings. The van der Waals surface area contributed by atoms with Crippen LogP contribution in [0.15, 0.2) is 27.6 Å². The zero-order valence-corrected chi connectivity index (χ0v) is 11.9. The van der Waals surface area contributed by atoms with E-state index in [0.717, 1.165) is 0 Å². The molecule has 0 saturated carbocycles. The van der Waals surface area contributed by atoms with Crippen LogP contribution in [0.2, 0.25) is 0 Å². The van der Waals surface area contributed by atoms with Gasteiger partial charge in [-0.15, -0.1) is 0 Å². The van der Waals surface area contributed by atoms with E-state index in [2.05, 4.69) is 21.2 Å². The minimum atomic E-state index is -3.45. The largest absolute Gasteiger partial charge is 0.323 e. The van der Waals surface area contributed by atoms with Gasteiger partial charge in [-0.3, -0.25) is 4.79 Å². The van der Waals surface area contributed by atoms with Gasteiger partial charge in [0.15, 0.2) is 9.84 Å². The Bertz CT molecular complexity index is 593. The Balaban J connectivity index is 2.73. The molecule has 0 aliphatic carbocycles. The van der Waals surface area contributed by atoms with E-state index >= 15 is 0 Å². The number of hydrogen-bond donors (Lipinski definition) is 1. The van der Waals surface area contributed by atoms with Gasteiger partial charge < -0.3 is 5.32 Å². The summed E-state index contributed by atoms with van der Waals surface area (Å²) in [6.07, 6.45) is 0. The quantitative estimate of drug-likeness (QED) is 0.798. The zero-order chi connectivity index (χ0) is 12.8. The molecule has 0 radical (unpaired) electrons. The van der Waals surface area contributed by atoms with Crippen molar-refractivity contribution in [1.29, 1.82) is 0 Å². The standard InChI is InChI=1S/C11H12BrNO3S/c1-11(2)6-17(15,16)8-5-3-4-7(12)9(8)13-10(11)14/h3-5H,6H2,1-2H3,(H,13,14). The number of benzene rings is 1. The van der Waals surface area contributed by atoms with Crippen molar-refractivity contribution in [2.45, 2.75) is 18.7 Å². The van der Waals surface area contributed by atoms with Gasteiger partial charge in [0.25, 0.3) is 0 Å². The number of amides is 1. The lowest BCUT2D eigenvalue weighted by molar-refractivity contribution is -0.122. The van der Waals surface area contributed by atoms with E-state index in [1.807, 2.05) is 0 Å². The van der Waals surface area contributed by atoms with E-state index in [1.165, 1.54) is 6.07 Å². The van der Waals surface area contributed by atoms with Crippen molar-refractivity contribution in [2.24, 2.45) is 5.41 Å². The minimum absolute atomic E-state index is 0.172. The highest BCUT2D eigenvalue weighted by atomic mass is 79.9. The summed E-state index contributed by atoms with van der Waals surface area (Å²) in [5.41, 5.74) is -0.597. The molecule has 6 heteroatoms. The molecule has 1 aliphatic heterocycles. The number of carbonyl (C=O) groups is 1. The number of nitrogens with one attached hydrogen (secondary N) is 1. The molecule has 1 aliphatic rings. The van der Waals surface area contributed by atoms with E-state index in [0.29, 0.717) is 10.2 Å². The average molecular weight is 318 g/mol. The molecule has 4 nitrogen and oxygen atoms in total. The number of para-hydroxylation sites is 1. The number of anilines is 1. The second kappa shape index (κ2) is 3.81. The predicted octanol–water partition coefficient (Wildman–Crippen LogP) is 2.20. The Kier molecular flexibility index (Phi) is 2.82. The van der Waals surface area contributed by atoms with Crippen LogP contribution in [0.1, 0.15) is 13.8 Å². The van der Waals surface area contributed by atoms with Crippen LogP contribution in [0.4, 0.5) is 5.69 Å². The van der Waals surface area contributed by atoms with Gasteiger partial charge in [-0.2, -0.15) is 0 Å². The Hall–Kier alpha value is -0.880. The number of carbonyl (C=O) groups excluding carboxylic acids is 1. The Morgan fingerprint density at radius 2 is 2.00 bits per heavy atom. The first kappa shape index (κ1) is 12.6. The molecule has 0 atom stereocenters. The van der Waals surface area contributed by atoms with Crippen molar-refractivity contribution in [3.8, 4) is 0 Å². The summed E-state index contributed by atoms with van der Waals surface area (Å²) >= 11 is 3.25. The smallest absolute Gasteiger partial charge is 0.231 e. The number of rotatable bonds is 0. The third-order valence-electron chi connectivity index (χ3n) is 2.71. The molecule has 1 heterocycles. The highest BCUT2D eigenvalue weighted by Gasteiger charge is 2.39. The predicted molar refractivity (Wildman–Crippen MR) is 68.6 cm³/mol. The van der Waals surface area contributed by atoms with Gasteiger partial charge in [0.05, 0.1) is 21.8 Å². The zero-order valence-electron chi connectivity index (χ0n) is 9.45. The summed E-state index contributed by atoms with van der Waals surface area (Å²) in [5, 5.41) is 2.67. The lowest BCUT2D eigenvalue weighted by Crippen LogP contribution is -2.34. The first-order chi connectivity index (χ1) is 7.74. The molecule has 0 bridgehead atoms. The fourth-order valence-electron chi connectivity index (χ4n) is 1.79. The van der Waals surface area contributed by atoms with Crippen LogP contribution in [0.5, 0.6) is 0 Å². The third kappa shape index (κ3) is 2.11. The van der Waals surface area contributed by atoms with Crippen LogP contribution >= 0.6 is 15.9 Å². The summed E-state index contributed by atoms with van der Waals surface area (Å²) in [5.74, 6) is -0.471. The van der Waals surface area contributed by atoms with Crippen LogP contribution in [0.3, 0.4) is 0 Å². The van der Waals surface area contributed by atoms with E-state index in [4.69, 9.17) is 0 Å². The van der Waals surface area contributed by atoms with Crippen molar-refractivity contribution >= 4 is 37.4 Å². The van der Waals surface area contributed by atoms with E-state index in [9.17, 15) is 13.2 Å². The summed E-state index contributed by atoms with van der Waals surface area (Å²) in [6, 6.07) is 4.86. The number of hydrogen-bond acceptors (Lipinski definition) is 3. The topological polar surface area (TPSA) is 63.2 Å². The second-order valence-electron chi connectivity index (χ2n) is 4.71. The normalized spacial score (nSPS) is 21.2. The fourth-order valence-corrected chi connectivity index (χ4v) is 4.38. The van der Waals surface area contributed by atoms with Crippen molar-refractivity contribution in [1.82, 2.24) is 0 Å². The molecule has 1 aromatic carbocycles. The number of fused-ring (bicyclic) bond motifs is 1. The number of sulfone groups is 1. The summed E-state index contributed by atoms with van der Waals surface area (Å²) in [4.78, 5) is 12.1. The number of halogens is 1. The van der Waals surface area contributed by atoms with E-state index in [-0.39, 0.29) is 16.6 Å². The summed E-state index contributed by atoms with van der Waals surface area (Å²) in [6.45, 7) is 3.25. The molecule has 0 spiro atoms. The Morgan fingerprint density at radius 1 is 1.35 bits per heavy atom. The van der Waals surface area contributed by atoms with Crippen LogP contribution in [-0.4, -0.2) is 20.1 Å². The molecule has 0 aromatic heterocycles. The molecule has 92 valence electrons. The Labute approximate surface area is 108 Å². The molecule has 0 fully saturated rings. The molecule has 0 unspecified atom stereocenters. The van der Waals surface area contributed by atoms with Gasteiger partial charge in [-0.1, -0.05) is 19.9 Å². The molecule has 0 saturated heterocycles. The first-order valence-electron chi connectivity index (χ1n) is 5.07. The maximum atomic E-state index is 12.2. The average Bonchev–Trinajstić information content (AvgIpc) is 2.24. The maximum Gasteiger partial charge on any atom is 0.231 e. The van der Waals surface area contributed by atoms with Crippen LogP contribution in [-0.2, 0) is 14.6 Å². The van der Waals surface area contributed by atoms with Crippen molar-refractivity contribution in [3.05, 3.63) is 22.7 Å². The fraction of sp³-hybridized carbons (Fsp3) is 0.364. The second-order valence-corrected chi connectivity index (χ2v) is 7.52. The highest BCUT2D eigenvalue weighted by Crippen LogP contribution is 2.37. The van der Waals surface area contributed by atoms with Gasteiger partial charge in [0.1, 0.15) is 0 Å². The van der Waals surface area contributed by atoms with E-state index < -0.39 is 15.3 Å². The van der Waals surface area contributed by atoms with Gasteiger partial charge in [0.2, 0.25) is 5.91 Å². The van der Waals surface area contributed by atoms with Crippen molar-refractivity contribution < 1.29 is 13.2 Å². The highest BCUT2D eigenvalue weighted by molar-refractivity contribution is 9.10. The molecule has 2 rings (SSSR count). The van der Waals surface area contributed by atoms with Crippen LogP contribution in [0, 0.1) is 5.41 Å². The van der Waals surface area contributed by atoms with Gasteiger partial charge >= 0.3 is 0 Å². The van der Waals surface area contributed by atoms with E-state index in [1.54, 1.807) is 26.0 Å². The van der Waals surface area contributed by atoms with Crippen LogP contribution in [0.25, 0.3) is 0 Å². The summed E-state index contributed by atoms with van der Waals surface area (Å²) < 4.78 is 25.0. The van der Waals surface area contributed by atoms with Gasteiger partial charge in [0, 0.05) is 4.47 Å². The third-order valence-corrected chi connectivity index (χ3v) is 5.49. The monoisotopic (exact) mass is 317 g/mol. The SMILES string of the molecule is CC1(C)CS(=O)(=O)c2cccc(Br)c2NC1=O. The van der Waals surface area contributed by atoms with Crippen molar-refractivity contribution in [2.75, 3.05) is 11.1 Å². The molecule has 17 heavy (non-hydrogen) atoms. The minimum Gasteiger partial charge on any atom is -0.323 e. The molecule has 1 N–H and O–H groups in total. The maximum absolute atomic E-state index is 12.2. The van der Waals surface area contributed by atoms with Gasteiger partial charge in [-0.05, 0) is 28.1 Å². The molecular weight excluding hydrogens is 306 g/mol. The first-order valence-corrected chi connectivity index (χ1v) is 7.51. The summed E-state index contributed by atoms with van der Waals surface area (Å²) in [7, 11) is -3.45. The van der Waals surface area contributed by atoms with Crippen LogP contribution < -0.4 is 5.32 Å². The lowest BCUT2D eigenvalue weighted by atomic mass is 9.95. The Morgan fingerprint density at radius 3 is 2.65 bits per heavy atom. The molecule has 1 amide bonds. The van der Waals surface area contributed by atoms with Gasteiger partial charge in [-0.25, -0.2) is 8.42 Å².